The summed E-state index contributed by atoms with van der Waals surface area (Å²) < 4.78 is 10.8. The molecule has 0 spiro atoms. The van der Waals surface area contributed by atoms with Gasteiger partial charge in [-0.25, -0.2) is 0 Å². The van der Waals surface area contributed by atoms with Crippen LogP contribution in [0.25, 0.3) is 0 Å². The zero-order valence-corrected chi connectivity index (χ0v) is 9.79. The summed E-state index contributed by atoms with van der Waals surface area (Å²) in [7, 11) is 0.515. The fraction of sp³-hybridized carbons (Fsp3) is 1.00. The van der Waals surface area contributed by atoms with Crippen LogP contribution in [0.3, 0.4) is 0 Å². The van der Waals surface area contributed by atoms with E-state index in [0.29, 0.717) is 0 Å². The van der Waals surface area contributed by atoms with E-state index in [4.69, 9.17) is 8.85 Å². The quantitative estimate of drug-likeness (QED) is 0.432. The Morgan fingerprint density at radius 1 is 1.08 bits per heavy atom. The second-order valence-corrected chi connectivity index (χ2v) is 5.21. The van der Waals surface area contributed by atoms with Gasteiger partial charge in [-0.05, 0) is 13.0 Å². The van der Waals surface area contributed by atoms with Crippen LogP contribution in [0.5, 0.6) is 0 Å². The van der Waals surface area contributed by atoms with Crippen LogP contribution >= 0.6 is 0 Å². The van der Waals surface area contributed by atoms with Crippen LogP contribution in [-0.2, 0) is 8.85 Å². The van der Waals surface area contributed by atoms with Crippen molar-refractivity contribution in [1.82, 2.24) is 0 Å². The zero-order valence-electron chi connectivity index (χ0n) is 8.64. The molecule has 0 N–H and O–H groups in total. The van der Waals surface area contributed by atoms with Gasteiger partial charge in [-0.3, -0.25) is 0 Å². The minimum Gasteiger partial charge on any atom is -0.400 e. The Hall–Kier alpha value is 0.137. The Morgan fingerprint density at radius 2 is 1.83 bits per heavy atom. The third-order valence-electron chi connectivity index (χ3n) is 1.91. The average Bonchev–Trinajstić information content (AvgIpc) is 2.10. The molecule has 0 rings (SSSR count). The molecule has 1 atom stereocenters. The van der Waals surface area contributed by atoms with Crippen LogP contribution < -0.4 is 0 Å². The van der Waals surface area contributed by atoms with Crippen LogP contribution in [0.15, 0.2) is 0 Å². The van der Waals surface area contributed by atoms with E-state index in [0.717, 1.165) is 6.61 Å². The van der Waals surface area contributed by atoms with Gasteiger partial charge in [-0.15, -0.1) is 0 Å². The number of unbranched alkanes of at least 4 members (excludes halogenated alkanes) is 3. The molecular weight excluding hydrogens is 168 g/mol. The predicted octanol–water partition coefficient (Wildman–Crippen LogP) is 2.47. The summed E-state index contributed by atoms with van der Waals surface area (Å²) in [6.45, 7) is 5.07. The van der Waals surface area contributed by atoms with Crippen molar-refractivity contribution in [3.63, 3.8) is 0 Å². The third-order valence-corrected chi connectivity index (χ3v) is 4.02. The molecule has 0 bridgehead atoms. The molecule has 2 nitrogen and oxygen atoms in total. The van der Waals surface area contributed by atoms with Gasteiger partial charge < -0.3 is 8.85 Å². The largest absolute Gasteiger partial charge is 0.400 e. The standard InChI is InChI=1S/C9H22O2Si/c1-4-6-7-8-9-12(10-3)11-5-2/h12H,4-9H2,1-3H3. The molecule has 0 aliphatic heterocycles. The first-order valence-electron chi connectivity index (χ1n) is 4.99. The third kappa shape index (κ3) is 6.82. The molecule has 0 saturated heterocycles. The van der Waals surface area contributed by atoms with E-state index in [2.05, 4.69) is 6.92 Å². The van der Waals surface area contributed by atoms with Crippen molar-refractivity contribution < 1.29 is 8.85 Å². The van der Waals surface area contributed by atoms with Crippen LogP contribution in [0.2, 0.25) is 6.04 Å². The molecular formula is C9H22O2Si. The maximum atomic E-state index is 5.49. The fourth-order valence-corrected chi connectivity index (χ4v) is 2.73. The average molecular weight is 190 g/mol. The van der Waals surface area contributed by atoms with Crippen molar-refractivity contribution in [2.75, 3.05) is 13.7 Å². The second kappa shape index (κ2) is 9.23. The summed E-state index contributed by atoms with van der Waals surface area (Å²) in [6.07, 6.45) is 5.25. The summed E-state index contributed by atoms with van der Waals surface area (Å²) in [5.41, 5.74) is 0. The Morgan fingerprint density at radius 3 is 2.33 bits per heavy atom. The van der Waals surface area contributed by atoms with Gasteiger partial charge in [-0.1, -0.05) is 32.6 Å². The van der Waals surface area contributed by atoms with Gasteiger partial charge in [0.25, 0.3) is 0 Å². The first-order valence-corrected chi connectivity index (χ1v) is 6.75. The van der Waals surface area contributed by atoms with E-state index in [1.165, 1.54) is 31.7 Å². The lowest BCUT2D eigenvalue weighted by atomic mass is 10.2. The van der Waals surface area contributed by atoms with E-state index in [9.17, 15) is 0 Å². The second-order valence-electron chi connectivity index (χ2n) is 2.97. The zero-order chi connectivity index (χ0) is 9.23. The lowest BCUT2D eigenvalue weighted by Crippen LogP contribution is -2.20. The lowest BCUT2D eigenvalue weighted by Gasteiger charge is -2.11. The first kappa shape index (κ1) is 12.1. The smallest absolute Gasteiger partial charge is 0.321 e. The molecule has 0 aliphatic rings. The van der Waals surface area contributed by atoms with E-state index in [1.807, 2.05) is 6.92 Å². The number of rotatable bonds is 8. The van der Waals surface area contributed by atoms with Crippen molar-refractivity contribution in [3.05, 3.63) is 0 Å². The highest BCUT2D eigenvalue weighted by atomic mass is 28.3. The SMILES string of the molecule is CCCCCC[SiH](OC)OCC. The summed E-state index contributed by atoms with van der Waals surface area (Å²) in [4.78, 5) is 0. The minimum atomic E-state index is -1.26. The van der Waals surface area contributed by atoms with Crippen molar-refractivity contribution in [3.8, 4) is 0 Å². The van der Waals surface area contributed by atoms with Gasteiger partial charge in [0, 0.05) is 13.7 Å². The Balaban J connectivity index is 3.19. The lowest BCUT2D eigenvalue weighted by molar-refractivity contribution is 0.239. The van der Waals surface area contributed by atoms with Gasteiger partial charge in [0.2, 0.25) is 0 Å². The van der Waals surface area contributed by atoms with E-state index in [-0.39, 0.29) is 0 Å². The van der Waals surface area contributed by atoms with Crippen LogP contribution in [0.4, 0.5) is 0 Å². The maximum absolute atomic E-state index is 5.49. The summed E-state index contributed by atoms with van der Waals surface area (Å²) >= 11 is 0. The molecule has 0 aromatic heterocycles. The Labute approximate surface area is 78.1 Å². The number of hydrogen-bond donors (Lipinski definition) is 0. The van der Waals surface area contributed by atoms with Crippen molar-refractivity contribution in [2.24, 2.45) is 0 Å². The van der Waals surface area contributed by atoms with Crippen molar-refractivity contribution >= 4 is 9.28 Å². The monoisotopic (exact) mass is 190 g/mol. The molecule has 74 valence electrons. The van der Waals surface area contributed by atoms with Gasteiger partial charge in [0.05, 0.1) is 0 Å². The van der Waals surface area contributed by atoms with Crippen LogP contribution in [0, 0.1) is 0 Å². The topological polar surface area (TPSA) is 18.5 Å². The van der Waals surface area contributed by atoms with Crippen molar-refractivity contribution in [2.45, 2.75) is 45.6 Å². The first-order chi connectivity index (χ1) is 5.85. The number of hydrogen-bond acceptors (Lipinski definition) is 2. The van der Waals surface area contributed by atoms with Crippen LogP contribution in [0.1, 0.15) is 39.5 Å². The molecule has 0 amide bonds. The molecule has 0 fully saturated rings. The van der Waals surface area contributed by atoms with E-state index < -0.39 is 9.28 Å². The van der Waals surface area contributed by atoms with E-state index >= 15 is 0 Å². The fourth-order valence-electron chi connectivity index (χ4n) is 1.19. The molecule has 0 aromatic rings. The molecule has 0 saturated carbocycles. The van der Waals surface area contributed by atoms with Gasteiger partial charge in [0.1, 0.15) is 0 Å². The van der Waals surface area contributed by atoms with Crippen molar-refractivity contribution in [1.29, 1.82) is 0 Å². The molecule has 12 heavy (non-hydrogen) atoms. The van der Waals surface area contributed by atoms with Gasteiger partial charge in [-0.2, -0.15) is 0 Å². The maximum Gasteiger partial charge on any atom is 0.321 e. The van der Waals surface area contributed by atoms with Crippen LogP contribution in [-0.4, -0.2) is 23.0 Å². The highest BCUT2D eigenvalue weighted by Crippen LogP contribution is 2.07. The summed E-state index contributed by atoms with van der Waals surface area (Å²) in [5, 5.41) is 0. The van der Waals surface area contributed by atoms with E-state index in [1.54, 1.807) is 7.11 Å². The van der Waals surface area contributed by atoms with Gasteiger partial charge >= 0.3 is 9.28 Å². The Bertz CT molecular complexity index is 88.6. The highest BCUT2D eigenvalue weighted by molar-refractivity contribution is 6.44. The molecule has 3 heteroatoms. The predicted molar refractivity (Wildman–Crippen MR) is 54.7 cm³/mol. The minimum absolute atomic E-state index is 0.804. The molecule has 0 aliphatic carbocycles. The molecule has 1 unspecified atom stereocenters. The molecule has 0 heterocycles. The summed E-state index contributed by atoms with van der Waals surface area (Å²) in [6, 6.07) is 1.17. The normalized spacial score (nSPS) is 13.2. The Kier molecular flexibility index (Phi) is 9.33. The highest BCUT2D eigenvalue weighted by Gasteiger charge is 2.08. The van der Waals surface area contributed by atoms with Gasteiger partial charge in [0.15, 0.2) is 0 Å². The molecule has 0 aromatic carbocycles. The summed E-state index contributed by atoms with van der Waals surface area (Å²) in [5.74, 6) is 0. The molecule has 0 radical (unpaired) electrons.